The van der Waals surface area contributed by atoms with E-state index in [1.807, 2.05) is 0 Å². The first-order valence-corrected chi connectivity index (χ1v) is 9.29. The van der Waals surface area contributed by atoms with Crippen LogP contribution in [0.1, 0.15) is 13.8 Å². The van der Waals surface area contributed by atoms with Crippen molar-refractivity contribution in [3.05, 3.63) is 21.1 Å². The third-order valence-electron chi connectivity index (χ3n) is 2.85. The first-order chi connectivity index (χ1) is 9.29. The number of benzene rings is 1. The molecule has 0 fully saturated rings. The molecule has 0 heterocycles. The second-order valence-corrected chi connectivity index (χ2v) is 7.41. The molecule has 1 rings (SSSR count). The third-order valence-corrected chi connectivity index (χ3v) is 4.92. The molecule has 0 aliphatic rings. The molecule has 1 aromatic rings. The largest absolute Gasteiger partial charge is 0.490 e. The SMILES string of the molecule is CCN(CC)CCOc1c(Br)cc(S(N)(=O)=O)cc1Br. The lowest BCUT2D eigenvalue weighted by atomic mass is 10.3. The quantitative estimate of drug-likeness (QED) is 0.722. The average molecular weight is 430 g/mol. The van der Waals surface area contributed by atoms with Crippen molar-refractivity contribution in [2.45, 2.75) is 18.7 Å². The summed E-state index contributed by atoms with van der Waals surface area (Å²) in [7, 11) is -3.73. The molecule has 0 aromatic heterocycles. The van der Waals surface area contributed by atoms with Crippen LogP contribution in [0.4, 0.5) is 0 Å². The third kappa shape index (κ3) is 5.00. The average Bonchev–Trinajstić information content (AvgIpc) is 2.36. The Morgan fingerprint density at radius 1 is 1.20 bits per heavy atom. The maximum absolute atomic E-state index is 11.3. The van der Waals surface area contributed by atoms with E-state index in [0.717, 1.165) is 19.6 Å². The fourth-order valence-corrected chi connectivity index (χ4v) is 3.94. The number of ether oxygens (including phenoxy) is 1. The number of nitrogens with two attached hydrogens (primary N) is 1. The van der Waals surface area contributed by atoms with Crippen molar-refractivity contribution in [3.63, 3.8) is 0 Å². The van der Waals surface area contributed by atoms with Gasteiger partial charge in [0.1, 0.15) is 12.4 Å². The lowest BCUT2D eigenvalue weighted by Gasteiger charge is -2.19. The molecule has 0 atom stereocenters. The van der Waals surface area contributed by atoms with E-state index in [2.05, 4.69) is 50.6 Å². The van der Waals surface area contributed by atoms with Gasteiger partial charge < -0.3 is 9.64 Å². The van der Waals surface area contributed by atoms with Gasteiger partial charge in [-0.1, -0.05) is 13.8 Å². The second kappa shape index (κ2) is 7.74. The molecule has 0 amide bonds. The van der Waals surface area contributed by atoms with Gasteiger partial charge >= 0.3 is 0 Å². The van der Waals surface area contributed by atoms with Gasteiger partial charge in [-0.05, 0) is 57.1 Å². The highest BCUT2D eigenvalue weighted by atomic mass is 79.9. The molecule has 20 heavy (non-hydrogen) atoms. The van der Waals surface area contributed by atoms with Crippen LogP contribution in [-0.2, 0) is 10.0 Å². The zero-order valence-corrected chi connectivity index (χ0v) is 15.4. The van der Waals surface area contributed by atoms with Gasteiger partial charge in [0.15, 0.2) is 0 Å². The summed E-state index contributed by atoms with van der Waals surface area (Å²) in [4.78, 5) is 2.27. The van der Waals surface area contributed by atoms with Crippen LogP contribution in [0.15, 0.2) is 26.0 Å². The molecule has 5 nitrogen and oxygen atoms in total. The lowest BCUT2D eigenvalue weighted by molar-refractivity contribution is 0.221. The Morgan fingerprint density at radius 3 is 2.10 bits per heavy atom. The minimum absolute atomic E-state index is 0.0346. The summed E-state index contributed by atoms with van der Waals surface area (Å²) in [6, 6.07) is 2.87. The predicted octanol–water partition coefficient (Wildman–Crippen LogP) is 2.58. The number of rotatable bonds is 7. The van der Waals surface area contributed by atoms with Crippen LogP contribution < -0.4 is 9.88 Å². The van der Waals surface area contributed by atoms with Crippen molar-refractivity contribution in [3.8, 4) is 5.75 Å². The number of nitrogens with zero attached hydrogens (tertiary/aromatic N) is 1. The first kappa shape index (κ1) is 17.9. The molecule has 0 bridgehead atoms. The Bertz CT molecular complexity index is 537. The van der Waals surface area contributed by atoms with E-state index in [1.165, 1.54) is 12.1 Å². The topological polar surface area (TPSA) is 72.6 Å². The van der Waals surface area contributed by atoms with Crippen LogP contribution in [0.2, 0.25) is 0 Å². The van der Waals surface area contributed by atoms with Crippen LogP contribution in [0.25, 0.3) is 0 Å². The molecule has 1 aromatic carbocycles. The predicted molar refractivity (Wildman–Crippen MR) is 86.5 cm³/mol. The molecule has 0 unspecified atom stereocenters. The Kier molecular flexibility index (Phi) is 6.93. The summed E-state index contributed by atoms with van der Waals surface area (Å²) in [5.41, 5.74) is 0. The van der Waals surface area contributed by atoms with E-state index >= 15 is 0 Å². The zero-order chi connectivity index (χ0) is 15.3. The van der Waals surface area contributed by atoms with Gasteiger partial charge in [0, 0.05) is 6.54 Å². The summed E-state index contributed by atoms with van der Waals surface area (Å²) >= 11 is 6.61. The minimum Gasteiger partial charge on any atom is -0.490 e. The molecule has 2 N–H and O–H groups in total. The minimum atomic E-state index is -3.73. The van der Waals surface area contributed by atoms with Gasteiger partial charge in [0.2, 0.25) is 10.0 Å². The molecule has 0 saturated heterocycles. The van der Waals surface area contributed by atoms with Crippen molar-refractivity contribution in [2.75, 3.05) is 26.2 Å². The fourth-order valence-electron chi connectivity index (χ4n) is 1.66. The number of sulfonamides is 1. The number of primary sulfonamides is 1. The second-order valence-electron chi connectivity index (χ2n) is 4.14. The van der Waals surface area contributed by atoms with Gasteiger partial charge in [-0.25, -0.2) is 13.6 Å². The Morgan fingerprint density at radius 2 is 1.70 bits per heavy atom. The van der Waals surface area contributed by atoms with Crippen molar-refractivity contribution < 1.29 is 13.2 Å². The summed E-state index contributed by atoms with van der Waals surface area (Å²) in [6.07, 6.45) is 0. The number of likely N-dealkylation sites (N-methyl/N-ethyl adjacent to an activating group) is 1. The van der Waals surface area contributed by atoms with E-state index < -0.39 is 10.0 Å². The maximum Gasteiger partial charge on any atom is 0.238 e. The Balaban J connectivity index is 2.82. The van der Waals surface area contributed by atoms with Crippen LogP contribution in [0.3, 0.4) is 0 Å². The first-order valence-electron chi connectivity index (χ1n) is 6.16. The highest BCUT2D eigenvalue weighted by Crippen LogP contribution is 2.35. The number of hydrogen-bond donors (Lipinski definition) is 1. The highest BCUT2D eigenvalue weighted by Gasteiger charge is 2.15. The number of hydrogen-bond acceptors (Lipinski definition) is 4. The van der Waals surface area contributed by atoms with Gasteiger partial charge in [-0.3, -0.25) is 0 Å². The van der Waals surface area contributed by atoms with E-state index in [0.29, 0.717) is 21.3 Å². The van der Waals surface area contributed by atoms with Crippen LogP contribution in [0.5, 0.6) is 5.75 Å². The van der Waals surface area contributed by atoms with Crippen molar-refractivity contribution in [1.29, 1.82) is 0 Å². The molecule has 114 valence electrons. The van der Waals surface area contributed by atoms with Gasteiger partial charge in [0.25, 0.3) is 0 Å². The Hall–Kier alpha value is -0.150. The van der Waals surface area contributed by atoms with E-state index in [1.54, 1.807) is 0 Å². The summed E-state index contributed by atoms with van der Waals surface area (Å²) in [6.45, 7) is 7.45. The van der Waals surface area contributed by atoms with Crippen molar-refractivity contribution in [2.24, 2.45) is 5.14 Å². The summed E-state index contributed by atoms with van der Waals surface area (Å²) < 4.78 is 29.4. The van der Waals surface area contributed by atoms with Crippen molar-refractivity contribution >= 4 is 41.9 Å². The standard InChI is InChI=1S/C12H18Br2N2O3S/c1-3-16(4-2)5-6-19-12-10(13)7-9(8-11(12)14)20(15,17)18/h7-8H,3-6H2,1-2H3,(H2,15,17,18). The Labute approximate surface area is 136 Å². The molecule has 8 heteroatoms. The summed E-state index contributed by atoms with van der Waals surface area (Å²) in [5.74, 6) is 0.574. The smallest absolute Gasteiger partial charge is 0.238 e. The zero-order valence-electron chi connectivity index (χ0n) is 11.4. The van der Waals surface area contributed by atoms with Crippen molar-refractivity contribution in [1.82, 2.24) is 4.90 Å². The summed E-state index contributed by atoms with van der Waals surface area (Å²) in [5, 5.41) is 5.10. The highest BCUT2D eigenvalue weighted by molar-refractivity contribution is 9.11. The molecule has 0 saturated carbocycles. The monoisotopic (exact) mass is 428 g/mol. The lowest BCUT2D eigenvalue weighted by Crippen LogP contribution is -2.28. The normalized spacial score (nSPS) is 11.9. The van der Waals surface area contributed by atoms with E-state index in [9.17, 15) is 8.42 Å². The van der Waals surface area contributed by atoms with Crippen LogP contribution in [0, 0.1) is 0 Å². The van der Waals surface area contributed by atoms with E-state index in [-0.39, 0.29) is 4.90 Å². The van der Waals surface area contributed by atoms with Crippen LogP contribution >= 0.6 is 31.9 Å². The molecule has 0 aliphatic carbocycles. The maximum atomic E-state index is 11.3. The van der Waals surface area contributed by atoms with Gasteiger partial charge in [0.05, 0.1) is 13.8 Å². The van der Waals surface area contributed by atoms with Crippen LogP contribution in [-0.4, -0.2) is 39.6 Å². The molecule has 0 aliphatic heterocycles. The number of halogens is 2. The molecule has 0 spiro atoms. The fraction of sp³-hybridized carbons (Fsp3) is 0.500. The molecular formula is C12H18Br2N2O3S. The molecular weight excluding hydrogens is 412 g/mol. The van der Waals surface area contributed by atoms with Gasteiger partial charge in [-0.15, -0.1) is 0 Å². The van der Waals surface area contributed by atoms with Gasteiger partial charge in [-0.2, -0.15) is 0 Å². The molecule has 0 radical (unpaired) electrons. The van der Waals surface area contributed by atoms with E-state index in [4.69, 9.17) is 9.88 Å².